The minimum atomic E-state index is -1.49. The summed E-state index contributed by atoms with van der Waals surface area (Å²) in [6, 6.07) is 24.4. The summed E-state index contributed by atoms with van der Waals surface area (Å²) in [5.41, 5.74) is 2.83. The van der Waals surface area contributed by atoms with Crippen molar-refractivity contribution in [2.24, 2.45) is 0 Å². The van der Waals surface area contributed by atoms with Crippen LogP contribution in [-0.4, -0.2) is 123 Å². The predicted octanol–water partition coefficient (Wildman–Crippen LogP) is 8.35. The van der Waals surface area contributed by atoms with Crippen LogP contribution in [0.15, 0.2) is 84.9 Å². The molecule has 0 aromatic heterocycles. The Hall–Kier alpha value is -7.26. The molecule has 0 spiro atoms. The van der Waals surface area contributed by atoms with E-state index in [-0.39, 0.29) is 10.0 Å². The van der Waals surface area contributed by atoms with Gasteiger partial charge in [0.15, 0.2) is 36.6 Å². The van der Waals surface area contributed by atoms with Crippen LogP contribution in [0.4, 0.5) is 0 Å². The standard InChI is InChI=1S/C58H64Cl2O20/c1-11-69-41-19-13-37(14-20-41)49(43-25-39(17-23-45(43)59)51-55(75-33(7)65)57(77-35(9)67)53(73-31(5)63)47(79-51)27-71-29(3)61)50(38-15-21-42(22-16-38)70-12-2)44-26-40(18-24-46(44)60)52-56(76-34(8)66)58(78-36(10)68)54(74-32(6)64)48(80-52)28-72-30(4)62/h13-26,47-58H,11-12,27-28H2,1-10H3/t47-,48+,49?,50?,51+,52-,53-,54+,55+,56-,57+,58-. The molecule has 0 bridgehead atoms. The van der Waals surface area contributed by atoms with Crippen LogP contribution in [0.5, 0.6) is 11.5 Å². The van der Waals surface area contributed by atoms with Crippen molar-refractivity contribution in [3.63, 3.8) is 0 Å². The maximum atomic E-state index is 13.0. The summed E-state index contributed by atoms with van der Waals surface area (Å²) in [6.45, 7) is 12.6. The second kappa shape index (κ2) is 28.2. The van der Waals surface area contributed by atoms with E-state index in [0.717, 1.165) is 41.5 Å². The summed E-state index contributed by atoms with van der Waals surface area (Å²) in [5.74, 6) is -6.83. The second-order valence-electron chi connectivity index (χ2n) is 18.8. The van der Waals surface area contributed by atoms with Crippen LogP contribution in [0.25, 0.3) is 0 Å². The number of halogens is 2. The Morgan fingerprint density at radius 2 is 0.713 bits per heavy atom. The van der Waals surface area contributed by atoms with Crippen LogP contribution in [0.1, 0.15) is 127 Å². The van der Waals surface area contributed by atoms with Crippen molar-refractivity contribution >= 4 is 71.0 Å². The van der Waals surface area contributed by atoms with Gasteiger partial charge in [0.2, 0.25) is 0 Å². The summed E-state index contributed by atoms with van der Waals surface area (Å²) >= 11 is 14.8. The Morgan fingerprint density at radius 3 is 1.00 bits per heavy atom. The average molecular weight is 1150 g/mol. The van der Waals surface area contributed by atoms with Crippen molar-refractivity contribution in [2.75, 3.05) is 26.4 Å². The molecule has 2 aliphatic heterocycles. The van der Waals surface area contributed by atoms with Crippen molar-refractivity contribution in [1.82, 2.24) is 0 Å². The normalized spacial score (nSPS) is 23.1. The molecule has 0 N–H and O–H groups in total. The summed E-state index contributed by atoms with van der Waals surface area (Å²) in [6.07, 6.45) is -14.0. The highest BCUT2D eigenvalue weighted by Crippen LogP contribution is 2.50. The Balaban J connectivity index is 1.65. The maximum absolute atomic E-state index is 13.0. The molecule has 0 saturated carbocycles. The van der Waals surface area contributed by atoms with Gasteiger partial charge in [-0.15, -0.1) is 0 Å². The minimum absolute atomic E-state index is 0.223. The van der Waals surface area contributed by atoms with Gasteiger partial charge >= 0.3 is 47.8 Å². The third-order valence-electron chi connectivity index (χ3n) is 12.8. The lowest BCUT2D eigenvalue weighted by atomic mass is 9.72. The molecule has 2 aliphatic rings. The smallest absolute Gasteiger partial charge is 0.303 e. The Labute approximate surface area is 472 Å². The average Bonchev–Trinajstić information content (AvgIpc) is 3.57. The summed E-state index contributed by atoms with van der Waals surface area (Å²) in [7, 11) is 0. The van der Waals surface area contributed by atoms with E-state index < -0.39 is 134 Å². The van der Waals surface area contributed by atoms with Crippen molar-refractivity contribution < 1.29 is 95.2 Å². The number of esters is 8. The number of rotatable bonds is 21. The van der Waals surface area contributed by atoms with Gasteiger partial charge in [-0.3, -0.25) is 38.4 Å². The largest absolute Gasteiger partial charge is 0.494 e. The number of carbonyl (C=O) groups excluding carboxylic acids is 8. The van der Waals surface area contributed by atoms with E-state index in [1.54, 1.807) is 60.7 Å². The fourth-order valence-electron chi connectivity index (χ4n) is 9.93. The number of ether oxygens (including phenoxy) is 12. The molecular formula is C58H64Cl2O20. The summed E-state index contributed by atoms with van der Waals surface area (Å²) in [5, 5.41) is 0.446. The zero-order valence-corrected chi connectivity index (χ0v) is 47.3. The van der Waals surface area contributed by atoms with Crippen LogP contribution < -0.4 is 9.47 Å². The van der Waals surface area contributed by atoms with Crippen molar-refractivity contribution in [3.05, 3.63) is 128 Å². The van der Waals surface area contributed by atoms with Gasteiger partial charge in [0.05, 0.1) is 13.2 Å². The van der Waals surface area contributed by atoms with Gasteiger partial charge in [-0.2, -0.15) is 0 Å². The lowest BCUT2D eigenvalue weighted by Gasteiger charge is -2.45. The Morgan fingerprint density at radius 1 is 0.412 bits per heavy atom. The summed E-state index contributed by atoms with van der Waals surface area (Å²) in [4.78, 5) is 101. The van der Waals surface area contributed by atoms with E-state index in [1.807, 2.05) is 38.1 Å². The van der Waals surface area contributed by atoms with Crippen LogP contribution in [0, 0.1) is 0 Å². The zero-order chi connectivity index (χ0) is 58.5. The van der Waals surface area contributed by atoms with E-state index in [4.69, 9.17) is 80.0 Å². The number of hydrogen-bond acceptors (Lipinski definition) is 20. The first-order chi connectivity index (χ1) is 38.0. The number of hydrogen-bond donors (Lipinski definition) is 0. The first-order valence-electron chi connectivity index (χ1n) is 25.6. The van der Waals surface area contributed by atoms with Gasteiger partial charge in [-0.25, -0.2) is 0 Å². The highest BCUT2D eigenvalue weighted by Gasteiger charge is 2.54. The number of carbonyl (C=O) groups is 8. The molecular weight excluding hydrogens is 1090 g/mol. The second-order valence-corrected chi connectivity index (χ2v) is 19.6. The molecule has 0 aliphatic carbocycles. The molecule has 430 valence electrons. The molecule has 0 radical (unpaired) electrons. The van der Waals surface area contributed by atoms with Gasteiger partial charge in [-0.1, -0.05) is 71.7 Å². The lowest BCUT2D eigenvalue weighted by molar-refractivity contribution is -0.254. The first-order valence-corrected chi connectivity index (χ1v) is 26.4. The van der Waals surface area contributed by atoms with Crippen LogP contribution in [-0.2, 0) is 85.7 Å². The molecule has 2 unspecified atom stereocenters. The third-order valence-corrected chi connectivity index (χ3v) is 13.5. The van der Waals surface area contributed by atoms with Gasteiger partial charge in [0.25, 0.3) is 0 Å². The Bertz CT molecular complexity index is 2680. The minimum Gasteiger partial charge on any atom is -0.494 e. The van der Waals surface area contributed by atoms with Crippen LogP contribution in [0.2, 0.25) is 10.0 Å². The highest BCUT2D eigenvalue weighted by atomic mass is 35.5. The van der Waals surface area contributed by atoms with Crippen LogP contribution >= 0.6 is 23.2 Å². The topological polar surface area (TPSA) is 247 Å². The van der Waals surface area contributed by atoms with Gasteiger partial charge in [0, 0.05) is 77.3 Å². The van der Waals surface area contributed by atoms with E-state index >= 15 is 0 Å². The fraction of sp³-hybridized carbons (Fsp3) is 0.448. The molecule has 2 heterocycles. The Kier molecular flexibility index (Phi) is 21.9. The molecule has 4 aromatic carbocycles. The van der Waals surface area contributed by atoms with E-state index in [1.165, 1.54) is 13.8 Å². The van der Waals surface area contributed by atoms with Crippen molar-refractivity contribution in [2.45, 2.75) is 142 Å². The first kappa shape index (κ1) is 61.9. The summed E-state index contributed by atoms with van der Waals surface area (Å²) < 4.78 is 70.5. The molecule has 2 fully saturated rings. The fourth-order valence-corrected chi connectivity index (χ4v) is 10.4. The van der Waals surface area contributed by atoms with Gasteiger partial charge in [-0.05, 0) is 83.6 Å². The molecule has 22 heteroatoms. The molecule has 4 aromatic rings. The molecule has 12 atom stereocenters. The zero-order valence-electron chi connectivity index (χ0n) is 45.8. The molecule has 6 rings (SSSR count). The van der Waals surface area contributed by atoms with Crippen molar-refractivity contribution in [1.29, 1.82) is 0 Å². The number of benzene rings is 4. The van der Waals surface area contributed by atoms with Crippen molar-refractivity contribution in [3.8, 4) is 11.5 Å². The predicted molar refractivity (Wildman–Crippen MR) is 284 cm³/mol. The van der Waals surface area contributed by atoms with E-state index in [9.17, 15) is 38.4 Å². The van der Waals surface area contributed by atoms with E-state index in [0.29, 0.717) is 58.1 Å². The molecule has 80 heavy (non-hydrogen) atoms. The van der Waals surface area contributed by atoms with Crippen LogP contribution in [0.3, 0.4) is 0 Å². The van der Waals surface area contributed by atoms with Gasteiger partial charge < -0.3 is 56.8 Å². The third kappa shape index (κ3) is 16.0. The quantitative estimate of drug-likeness (QED) is 0.0561. The SMILES string of the molecule is CCOc1ccc(C(c2cc([C@H]3O[C@@H](COC(C)=O)[C@H](OC(C)=O)[C@@H](OC(C)=O)[C@@H]3OC(C)=O)ccc2Cl)C(c2ccc(OCC)cc2)c2cc([C@@H]3O[C@H](COC(C)=O)[C@@H](OC(C)=O)[C@H](OC(C)=O)[C@H]3OC(C)=O)ccc2Cl)cc1. The van der Waals surface area contributed by atoms with E-state index in [2.05, 4.69) is 0 Å². The van der Waals surface area contributed by atoms with Gasteiger partial charge in [0.1, 0.15) is 49.1 Å². The monoisotopic (exact) mass is 1150 g/mol. The molecule has 2 saturated heterocycles. The maximum Gasteiger partial charge on any atom is 0.303 e. The lowest BCUT2D eigenvalue weighted by Crippen LogP contribution is -2.59. The highest BCUT2D eigenvalue weighted by molar-refractivity contribution is 6.32. The molecule has 20 nitrogen and oxygen atoms in total. The molecule has 0 amide bonds.